The van der Waals surface area contributed by atoms with Gasteiger partial charge in [-0.1, -0.05) is 42.5 Å². The van der Waals surface area contributed by atoms with Crippen LogP contribution in [0.2, 0.25) is 0 Å². The maximum Gasteiger partial charge on any atom is 0.345 e. The number of carbonyl (C=O) groups excluding carboxylic acids is 2. The van der Waals surface area contributed by atoms with Gasteiger partial charge in [-0.25, -0.2) is 9.59 Å². The molecule has 33 heavy (non-hydrogen) atoms. The molecule has 0 bridgehead atoms. The number of esters is 2. The molecule has 1 aliphatic heterocycles. The molecule has 1 heterocycles. The maximum absolute atomic E-state index is 12.4. The molecule has 5 nitrogen and oxygen atoms in total. The number of fused-ring (bicyclic) bond motifs is 1. The highest BCUT2D eigenvalue weighted by Gasteiger charge is 2.26. The number of hydrogen-bond acceptors (Lipinski definition) is 5. The molecule has 168 valence electrons. The number of benzene rings is 3. The summed E-state index contributed by atoms with van der Waals surface area (Å²) < 4.78 is 11.0. The second-order valence-corrected chi connectivity index (χ2v) is 8.67. The van der Waals surface area contributed by atoms with Crippen LogP contribution in [0.5, 0.6) is 5.75 Å². The van der Waals surface area contributed by atoms with Crippen molar-refractivity contribution in [1.29, 1.82) is 0 Å². The van der Waals surface area contributed by atoms with Crippen molar-refractivity contribution in [3.8, 4) is 16.9 Å². The Labute approximate surface area is 193 Å². The highest BCUT2D eigenvalue weighted by atomic mass is 16.6. The van der Waals surface area contributed by atoms with Crippen LogP contribution in [0.4, 0.5) is 0 Å². The Morgan fingerprint density at radius 1 is 0.939 bits per heavy atom. The minimum atomic E-state index is -0.629. The molecule has 1 N–H and O–H groups in total. The van der Waals surface area contributed by atoms with Gasteiger partial charge in [0.2, 0.25) is 0 Å². The molecule has 1 saturated heterocycles. The van der Waals surface area contributed by atoms with Crippen molar-refractivity contribution < 1.29 is 19.1 Å². The van der Waals surface area contributed by atoms with Crippen LogP contribution < -0.4 is 10.1 Å². The fourth-order valence-electron chi connectivity index (χ4n) is 4.68. The van der Waals surface area contributed by atoms with Gasteiger partial charge in [-0.05, 0) is 90.7 Å². The molecular formula is C28H27NO4. The van der Waals surface area contributed by atoms with Gasteiger partial charge in [-0.15, -0.1) is 0 Å². The number of hydrogen-bond donors (Lipinski definition) is 1. The average Bonchev–Trinajstić information content (AvgIpc) is 3.55. The molecular weight excluding hydrogens is 414 g/mol. The summed E-state index contributed by atoms with van der Waals surface area (Å²) in [5, 5.41) is 3.04. The molecule has 1 aliphatic carbocycles. The Kier molecular flexibility index (Phi) is 6.22. The molecule has 1 fully saturated rings. The zero-order chi connectivity index (χ0) is 22.6. The number of ether oxygens (including phenoxy) is 2. The van der Waals surface area contributed by atoms with Gasteiger partial charge in [0, 0.05) is 0 Å². The summed E-state index contributed by atoms with van der Waals surface area (Å²) >= 11 is 0. The van der Waals surface area contributed by atoms with E-state index in [1.54, 1.807) is 18.2 Å². The lowest BCUT2D eigenvalue weighted by Gasteiger charge is -2.11. The Morgan fingerprint density at radius 3 is 2.61 bits per heavy atom. The van der Waals surface area contributed by atoms with Crippen LogP contribution in [-0.2, 0) is 29.0 Å². The van der Waals surface area contributed by atoms with Crippen LogP contribution in [-0.4, -0.2) is 24.5 Å². The van der Waals surface area contributed by atoms with E-state index in [2.05, 4.69) is 35.6 Å². The SMILES string of the molecule is O=C(OC(=O)[C@@H]1CCCN1)c1cccc(COc2ccc(-c3cccc4c3CCC4)cc2)c1. The zero-order valence-corrected chi connectivity index (χ0v) is 18.5. The summed E-state index contributed by atoms with van der Waals surface area (Å²) in [6.45, 7) is 1.09. The number of carbonyl (C=O) groups is 2. The first-order valence-corrected chi connectivity index (χ1v) is 11.6. The van der Waals surface area contributed by atoms with Crippen molar-refractivity contribution in [2.75, 3.05) is 6.54 Å². The van der Waals surface area contributed by atoms with E-state index in [0.717, 1.165) is 30.7 Å². The summed E-state index contributed by atoms with van der Waals surface area (Å²) in [4.78, 5) is 24.5. The lowest BCUT2D eigenvalue weighted by Crippen LogP contribution is -2.33. The molecule has 0 radical (unpaired) electrons. The lowest BCUT2D eigenvalue weighted by atomic mass is 9.97. The van der Waals surface area contributed by atoms with Gasteiger partial charge in [-0.3, -0.25) is 0 Å². The first-order valence-electron chi connectivity index (χ1n) is 11.6. The molecule has 0 saturated carbocycles. The van der Waals surface area contributed by atoms with Crippen LogP contribution in [0.25, 0.3) is 11.1 Å². The third-order valence-electron chi connectivity index (χ3n) is 6.42. The highest BCUT2D eigenvalue weighted by molar-refractivity contribution is 5.98. The van der Waals surface area contributed by atoms with Gasteiger partial charge < -0.3 is 14.8 Å². The Hall–Kier alpha value is -3.44. The van der Waals surface area contributed by atoms with E-state index in [9.17, 15) is 9.59 Å². The standard InChI is InChI=1S/C28H27NO4/c30-27(33-28(31)26-11-4-16-29-26)22-8-1-5-19(17-22)18-32-23-14-12-21(13-15-23)25-10-3-7-20-6-2-9-24(20)25/h1,3,5,7-8,10,12-15,17,26,29H,2,4,6,9,11,16,18H2/t26-/m0/s1. The number of aryl methyl sites for hydroxylation is 1. The van der Waals surface area contributed by atoms with Crippen molar-refractivity contribution in [1.82, 2.24) is 5.32 Å². The molecule has 0 spiro atoms. The normalized spacial score (nSPS) is 16.9. The summed E-state index contributed by atoms with van der Waals surface area (Å²) in [5.74, 6) is -0.375. The summed E-state index contributed by atoms with van der Waals surface area (Å²) in [6, 6.07) is 21.3. The molecule has 1 atom stereocenters. The van der Waals surface area contributed by atoms with E-state index >= 15 is 0 Å². The van der Waals surface area contributed by atoms with Crippen molar-refractivity contribution in [2.45, 2.75) is 44.8 Å². The monoisotopic (exact) mass is 441 g/mol. The summed E-state index contributed by atoms with van der Waals surface area (Å²) in [5.41, 5.74) is 6.62. The van der Waals surface area contributed by atoms with Crippen molar-refractivity contribution in [3.63, 3.8) is 0 Å². The second kappa shape index (κ2) is 9.59. The van der Waals surface area contributed by atoms with Gasteiger partial charge in [0.05, 0.1) is 5.56 Å². The van der Waals surface area contributed by atoms with E-state index in [1.807, 2.05) is 18.2 Å². The second-order valence-electron chi connectivity index (χ2n) is 8.67. The van der Waals surface area contributed by atoms with E-state index in [1.165, 1.54) is 35.1 Å². The average molecular weight is 442 g/mol. The first-order chi connectivity index (χ1) is 16.2. The van der Waals surface area contributed by atoms with Gasteiger partial charge in [-0.2, -0.15) is 0 Å². The van der Waals surface area contributed by atoms with Gasteiger partial charge in [0.15, 0.2) is 0 Å². The van der Waals surface area contributed by atoms with E-state index in [4.69, 9.17) is 9.47 Å². The topological polar surface area (TPSA) is 64.6 Å². The zero-order valence-electron chi connectivity index (χ0n) is 18.5. The Morgan fingerprint density at radius 2 is 1.79 bits per heavy atom. The summed E-state index contributed by atoms with van der Waals surface area (Å²) in [6.07, 6.45) is 5.15. The molecule has 3 aromatic rings. The molecule has 0 unspecified atom stereocenters. The van der Waals surface area contributed by atoms with Gasteiger partial charge in [0.25, 0.3) is 0 Å². The third kappa shape index (κ3) is 4.83. The largest absolute Gasteiger partial charge is 0.489 e. The lowest BCUT2D eigenvalue weighted by molar-refractivity contribution is -0.139. The molecule has 5 rings (SSSR count). The predicted molar refractivity (Wildman–Crippen MR) is 126 cm³/mol. The minimum absolute atomic E-state index is 0.319. The minimum Gasteiger partial charge on any atom is -0.489 e. The first kappa shape index (κ1) is 21.4. The maximum atomic E-state index is 12.4. The fraction of sp³-hybridized carbons (Fsp3) is 0.286. The predicted octanol–water partition coefficient (Wildman–Crippen LogP) is 4.86. The van der Waals surface area contributed by atoms with Crippen molar-refractivity contribution in [3.05, 3.63) is 89.0 Å². The van der Waals surface area contributed by atoms with Gasteiger partial charge in [0.1, 0.15) is 18.4 Å². The van der Waals surface area contributed by atoms with Crippen LogP contribution in [0.15, 0.2) is 66.7 Å². The smallest absolute Gasteiger partial charge is 0.345 e. The van der Waals surface area contributed by atoms with Crippen LogP contribution >= 0.6 is 0 Å². The summed E-state index contributed by atoms with van der Waals surface area (Å²) in [7, 11) is 0. The number of nitrogens with one attached hydrogen (secondary N) is 1. The molecule has 2 aliphatic rings. The third-order valence-corrected chi connectivity index (χ3v) is 6.42. The Balaban J connectivity index is 1.21. The molecule has 0 aromatic heterocycles. The van der Waals surface area contributed by atoms with Crippen molar-refractivity contribution in [2.24, 2.45) is 0 Å². The van der Waals surface area contributed by atoms with Gasteiger partial charge >= 0.3 is 11.9 Å². The van der Waals surface area contributed by atoms with Crippen molar-refractivity contribution >= 4 is 11.9 Å². The van der Waals surface area contributed by atoms with Crippen LogP contribution in [0, 0.1) is 0 Å². The quantitative estimate of drug-likeness (QED) is 0.437. The molecule has 3 aromatic carbocycles. The number of rotatable bonds is 6. The van der Waals surface area contributed by atoms with Crippen LogP contribution in [0.1, 0.15) is 46.3 Å². The van der Waals surface area contributed by atoms with E-state index in [-0.39, 0.29) is 6.04 Å². The molecule has 5 heteroatoms. The molecule has 0 amide bonds. The van der Waals surface area contributed by atoms with E-state index < -0.39 is 11.9 Å². The Bertz CT molecular complexity index is 1160. The van der Waals surface area contributed by atoms with E-state index in [0.29, 0.717) is 18.6 Å². The highest BCUT2D eigenvalue weighted by Crippen LogP contribution is 2.33. The fourth-order valence-corrected chi connectivity index (χ4v) is 4.68. The van der Waals surface area contributed by atoms with Crippen LogP contribution in [0.3, 0.4) is 0 Å².